The Kier molecular flexibility index (Phi) is 4.00. The number of ether oxygens (including phenoxy) is 1. The first-order valence-electron chi connectivity index (χ1n) is 6.25. The zero-order chi connectivity index (χ0) is 12.3. The summed E-state index contributed by atoms with van der Waals surface area (Å²) in [7, 11) is 3.47. The second kappa shape index (κ2) is 5.50. The van der Waals surface area contributed by atoms with Crippen molar-refractivity contribution in [1.29, 1.82) is 0 Å². The SMILES string of the molecule is CNCC1CCCC1c1cccc(OC)c1F. The third kappa shape index (κ3) is 2.44. The lowest BCUT2D eigenvalue weighted by Crippen LogP contribution is -2.21. The van der Waals surface area contributed by atoms with Crippen molar-refractivity contribution in [2.24, 2.45) is 5.92 Å². The Hall–Kier alpha value is -1.09. The largest absolute Gasteiger partial charge is 0.494 e. The summed E-state index contributed by atoms with van der Waals surface area (Å²) in [5.74, 6) is 1.06. The van der Waals surface area contributed by atoms with Gasteiger partial charge in [-0.05, 0) is 49.9 Å². The maximum Gasteiger partial charge on any atom is 0.168 e. The van der Waals surface area contributed by atoms with E-state index in [-0.39, 0.29) is 5.82 Å². The van der Waals surface area contributed by atoms with Crippen LogP contribution in [0.5, 0.6) is 5.75 Å². The molecule has 1 saturated carbocycles. The molecule has 1 aromatic rings. The lowest BCUT2D eigenvalue weighted by Gasteiger charge is -2.21. The van der Waals surface area contributed by atoms with Crippen LogP contribution in [-0.2, 0) is 0 Å². The van der Waals surface area contributed by atoms with E-state index in [0.717, 1.165) is 18.5 Å². The summed E-state index contributed by atoms with van der Waals surface area (Å²) < 4.78 is 19.2. The van der Waals surface area contributed by atoms with Gasteiger partial charge < -0.3 is 10.1 Å². The van der Waals surface area contributed by atoms with Crippen molar-refractivity contribution in [2.75, 3.05) is 20.7 Å². The molecule has 2 rings (SSSR count). The number of rotatable bonds is 4. The van der Waals surface area contributed by atoms with E-state index in [1.807, 2.05) is 19.2 Å². The lowest BCUT2D eigenvalue weighted by atomic mass is 9.88. The maximum atomic E-state index is 14.2. The standard InChI is InChI=1S/C14H20FNO/c1-16-9-10-5-3-6-11(10)12-7-4-8-13(17-2)14(12)15/h4,7-8,10-11,16H,3,5-6,9H2,1-2H3. The Morgan fingerprint density at radius 3 is 2.94 bits per heavy atom. The third-order valence-corrected chi connectivity index (χ3v) is 3.74. The molecule has 0 radical (unpaired) electrons. The Morgan fingerprint density at radius 1 is 1.41 bits per heavy atom. The number of benzene rings is 1. The van der Waals surface area contributed by atoms with Gasteiger partial charge >= 0.3 is 0 Å². The van der Waals surface area contributed by atoms with Crippen LogP contribution in [0.3, 0.4) is 0 Å². The molecule has 2 nitrogen and oxygen atoms in total. The fraction of sp³-hybridized carbons (Fsp3) is 0.571. The van der Waals surface area contributed by atoms with Crippen molar-refractivity contribution in [3.63, 3.8) is 0 Å². The van der Waals surface area contributed by atoms with Gasteiger partial charge in [0.05, 0.1) is 7.11 Å². The van der Waals surface area contributed by atoms with Crippen LogP contribution in [0.4, 0.5) is 4.39 Å². The van der Waals surface area contributed by atoms with E-state index in [4.69, 9.17) is 4.74 Å². The predicted molar refractivity (Wildman–Crippen MR) is 67.0 cm³/mol. The molecule has 0 aromatic heterocycles. The summed E-state index contributed by atoms with van der Waals surface area (Å²) in [6.45, 7) is 0.960. The minimum Gasteiger partial charge on any atom is -0.494 e. The molecule has 1 aliphatic rings. The monoisotopic (exact) mass is 237 g/mol. The first kappa shape index (κ1) is 12.4. The van der Waals surface area contributed by atoms with Crippen LogP contribution in [0.2, 0.25) is 0 Å². The van der Waals surface area contributed by atoms with Crippen LogP contribution in [-0.4, -0.2) is 20.7 Å². The number of hydrogen-bond acceptors (Lipinski definition) is 2. The lowest BCUT2D eigenvalue weighted by molar-refractivity contribution is 0.376. The van der Waals surface area contributed by atoms with E-state index < -0.39 is 0 Å². The fourth-order valence-electron chi connectivity index (χ4n) is 2.92. The summed E-state index contributed by atoms with van der Waals surface area (Å²) in [4.78, 5) is 0. The molecule has 2 unspecified atom stereocenters. The van der Waals surface area contributed by atoms with Crippen LogP contribution in [0.15, 0.2) is 18.2 Å². The first-order chi connectivity index (χ1) is 8.27. The molecule has 0 amide bonds. The van der Waals surface area contributed by atoms with Gasteiger partial charge in [-0.2, -0.15) is 0 Å². The Balaban J connectivity index is 2.26. The molecule has 0 saturated heterocycles. The van der Waals surface area contributed by atoms with E-state index in [1.54, 1.807) is 6.07 Å². The van der Waals surface area contributed by atoms with Crippen molar-refractivity contribution >= 4 is 0 Å². The zero-order valence-electron chi connectivity index (χ0n) is 10.5. The van der Waals surface area contributed by atoms with Crippen molar-refractivity contribution < 1.29 is 9.13 Å². The highest BCUT2D eigenvalue weighted by Gasteiger charge is 2.30. The summed E-state index contributed by atoms with van der Waals surface area (Å²) >= 11 is 0. The van der Waals surface area contributed by atoms with Gasteiger partial charge in [-0.15, -0.1) is 0 Å². The van der Waals surface area contributed by atoms with Gasteiger partial charge in [0.25, 0.3) is 0 Å². The molecule has 0 heterocycles. The minimum atomic E-state index is -0.178. The van der Waals surface area contributed by atoms with Gasteiger partial charge in [-0.25, -0.2) is 4.39 Å². The number of methoxy groups -OCH3 is 1. The van der Waals surface area contributed by atoms with Gasteiger partial charge in [-0.3, -0.25) is 0 Å². The molecule has 1 fully saturated rings. The number of nitrogens with one attached hydrogen (secondary N) is 1. The molecule has 1 aliphatic carbocycles. The Bertz CT molecular complexity index is 380. The van der Waals surface area contributed by atoms with E-state index in [0.29, 0.717) is 17.6 Å². The minimum absolute atomic E-state index is 0.178. The summed E-state index contributed by atoms with van der Waals surface area (Å²) in [6.07, 6.45) is 3.45. The smallest absolute Gasteiger partial charge is 0.168 e. The first-order valence-corrected chi connectivity index (χ1v) is 6.25. The summed E-state index contributed by atoms with van der Waals surface area (Å²) in [6, 6.07) is 5.46. The second-order valence-electron chi connectivity index (χ2n) is 4.72. The van der Waals surface area contributed by atoms with Gasteiger partial charge in [0.2, 0.25) is 0 Å². The number of hydrogen-bond donors (Lipinski definition) is 1. The van der Waals surface area contributed by atoms with Crippen molar-refractivity contribution in [3.05, 3.63) is 29.6 Å². The summed E-state index contributed by atoms with van der Waals surface area (Å²) in [5, 5.41) is 3.20. The molecule has 2 atom stereocenters. The average molecular weight is 237 g/mol. The Labute approximate surface area is 102 Å². The topological polar surface area (TPSA) is 21.3 Å². The van der Waals surface area contributed by atoms with Crippen molar-refractivity contribution in [2.45, 2.75) is 25.2 Å². The van der Waals surface area contributed by atoms with Crippen LogP contribution in [0.1, 0.15) is 30.7 Å². The molecule has 3 heteroatoms. The molecule has 1 N–H and O–H groups in total. The van der Waals surface area contributed by atoms with Crippen LogP contribution < -0.4 is 10.1 Å². The molecule has 0 bridgehead atoms. The molecule has 17 heavy (non-hydrogen) atoms. The fourth-order valence-corrected chi connectivity index (χ4v) is 2.92. The van der Waals surface area contributed by atoms with Crippen molar-refractivity contribution in [3.8, 4) is 5.75 Å². The van der Waals surface area contributed by atoms with Gasteiger partial charge in [0, 0.05) is 0 Å². The van der Waals surface area contributed by atoms with Gasteiger partial charge in [-0.1, -0.05) is 18.6 Å². The maximum absolute atomic E-state index is 14.2. The zero-order valence-corrected chi connectivity index (χ0v) is 10.5. The van der Waals surface area contributed by atoms with E-state index in [2.05, 4.69) is 5.32 Å². The average Bonchev–Trinajstić information content (AvgIpc) is 2.78. The third-order valence-electron chi connectivity index (χ3n) is 3.74. The highest BCUT2D eigenvalue weighted by atomic mass is 19.1. The quantitative estimate of drug-likeness (QED) is 0.869. The predicted octanol–water partition coefficient (Wildman–Crippen LogP) is 2.94. The van der Waals surface area contributed by atoms with Crippen molar-refractivity contribution in [1.82, 2.24) is 5.32 Å². The normalized spacial score (nSPS) is 23.9. The number of halogens is 1. The molecular weight excluding hydrogens is 217 g/mol. The highest BCUT2D eigenvalue weighted by Crippen LogP contribution is 2.41. The molecule has 0 spiro atoms. The van der Waals surface area contributed by atoms with Gasteiger partial charge in [0.15, 0.2) is 11.6 Å². The van der Waals surface area contributed by atoms with E-state index in [9.17, 15) is 4.39 Å². The van der Waals surface area contributed by atoms with Crippen LogP contribution >= 0.6 is 0 Å². The molecule has 0 aliphatic heterocycles. The molecule has 94 valence electrons. The van der Waals surface area contributed by atoms with Crippen LogP contribution in [0, 0.1) is 11.7 Å². The molecular formula is C14H20FNO. The van der Waals surface area contributed by atoms with E-state index >= 15 is 0 Å². The van der Waals surface area contributed by atoms with Crippen LogP contribution in [0.25, 0.3) is 0 Å². The van der Waals surface area contributed by atoms with Gasteiger partial charge in [0.1, 0.15) is 0 Å². The second-order valence-corrected chi connectivity index (χ2v) is 4.72. The summed E-state index contributed by atoms with van der Waals surface area (Å²) in [5.41, 5.74) is 0.821. The molecule has 1 aromatic carbocycles. The highest BCUT2D eigenvalue weighted by molar-refractivity contribution is 5.34. The van der Waals surface area contributed by atoms with E-state index in [1.165, 1.54) is 20.0 Å². The Morgan fingerprint density at radius 2 is 2.24 bits per heavy atom.